The first kappa shape index (κ1) is 30.2. The lowest BCUT2D eigenvalue weighted by Crippen LogP contribution is -2.60. The molecule has 2 atom stereocenters. The standard InChI is InChI=1S/C31H42F3N3O3/c1-21-5-7-25(8-6-21)30(40,31(32,33)34)29(39)37-17-13-24(14-18-37)20-23-11-15-36(16-12-23)26-9-10-27(22(2)19-26)28(38)35(3)4/h5,7-10,19,21,23-24,40H,6,11-18,20H2,1-4H3/t21?,30-/m1/s1. The lowest BCUT2D eigenvalue weighted by atomic mass is 9.81. The Balaban J connectivity index is 1.29. The number of likely N-dealkylation sites (tertiary alicyclic amines) is 1. The zero-order chi connectivity index (χ0) is 29.2. The number of anilines is 1. The van der Waals surface area contributed by atoms with Gasteiger partial charge in [0.05, 0.1) is 0 Å². The third-order valence-electron chi connectivity index (χ3n) is 8.85. The van der Waals surface area contributed by atoms with Crippen molar-refractivity contribution < 1.29 is 27.9 Å². The molecule has 1 aromatic carbocycles. The molecule has 6 nitrogen and oxygen atoms in total. The van der Waals surface area contributed by atoms with Crippen LogP contribution in [-0.2, 0) is 4.79 Å². The summed E-state index contributed by atoms with van der Waals surface area (Å²) in [7, 11) is 3.50. The molecule has 4 rings (SSSR count). The van der Waals surface area contributed by atoms with E-state index in [1.165, 1.54) is 17.1 Å². The van der Waals surface area contributed by atoms with Gasteiger partial charge in [0.25, 0.3) is 17.4 Å². The highest BCUT2D eigenvalue weighted by Crippen LogP contribution is 2.41. The van der Waals surface area contributed by atoms with Crippen LogP contribution in [0.1, 0.15) is 61.4 Å². The van der Waals surface area contributed by atoms with Crippen LogP contribution in [0.4, 0.5) is 18.9 Å². The van der Waals surface area contributed by atoms with Crippen molar-refractivity contribution in [1.82, 2.24) is 9.80 Å². The Hall–Kier alpha value is -2.81. The van der Waals surface area contributed by atoms with Crippen molar-refractivity contribution >= 4 is 17.5 Å². The molecule has 2 fully saturated rings. The molecule has 2 aliphatic heterocycles. The smallest absolute Gasteiger partial charge is 0.372 e. The number of alkyl halides is 3. The molecule has 0 aromatic heterocycles. The van der Waals surface area contributed by atoms with Crippen molar-refractivity contribution in [3.8, 4) is 0 Å². The average molecular weight is 562 g/mol. The highest BCUT2D eigenvalue weighted by molar-refractivity contribution is 5.95. The first-order valence-electron chi connectivity index (χ1n) is 14.4. The van der Waals surface area contributed by atoms with Crippen LogP contribution in [-0.4, -0.2) is 78.8 Å². The number of nitrogens with zero attached hydrogens (tertiary/aromatic N) is 3. The number of hydrogen-bond acceptors (Lipinski definition) is 4. The molecule has 0 radical (unpaired) electrons. The summed E-state index contributed by atoms with van der Waals surface area (Å²) < 4.78 is 42.1. The topological polar surface area (TPSA) is 64.1 Å². The van der Waals surface area contributed by atoms with Gasteiger partial charge in [-0.25, -0.2) is 0 Å². The van der Waals surface area contributed by atoms with Crippen LogP contribution in [0.5, 0.6) is 0 Å². The summed E-state index contributed by atoms with van der Waals surface area (Å²) in [6.45, 7) is 6.13. The number of carbonyl (C=O) groups is 2. The van der Waals surface area contributed by atoms with Crippen molar-refractivity contribution in [2.45, 2.75) is 64.1 Å². The largest absolute Gasteiger partial charge is 0.430 e. The van der Waals surface area contributed by atoms with E-state index in [9.17, 15) is 27.9 Å². The maximum absolute atomic E-state index is 14.0. The van der Waals surface area contributed by atoms with E-state index in [1.54, 1.807) is 25.1 Å². The Bertz CT molecular complexity index is 1150. The number of piperidine rings is 2. The van der Waals surface area contributed by atoms with E-state index in [2.05, 4.69) is 11.0 Å². The molecule has 1 aliphatic carbocycles. The minimum absolute atomic E-state index is 0.00358. The first-order chi connectivity index (χ1) is 18.8. The van der Waals surface area contributed by atoms with Crippen molar-refractivity contribution in [2.75, 3.05) is 45.2 Å². The number of aryl methyl sites for hydroxylation is 1. The van der Waals surface area contributed by atoms with Crippen LogP contribution >= 0.6 is 0 Å². The summed E-state index contributed by atoms with van der Waals surface area (Å²) in [6, 6.07) is 5.99. The van der Waals surface area contributed by atoms with Gasteiger partial charge in [0, 0.05) is 51.5 Å². The van der Waals surface area contributed by atoms with Gasteiger partial charge in [-0.15, -0.1) is 0 Å². The zero-order valence-corrected chi connectivity index (χ0v) is 24.0. The zero-order valence-electron chi connectivity index (χ0n) is 24.0. The molecular weight excluding hydrogens is 519 g/mol. The Labute approximate surface area is 235 Å². The third-order valence-corrected chi connectivity index (χ3v) is 8.85. The summed E-state index contributed by atoms with van der Waals surface area (Å²) in [4.78, 5) is 30.6. The summed E-state index contributed by atoms with van der Waals surface area (Å²) in [5.74, 6) is -0.303. The molecule has 1 N–H and O–H groups in total. The van der Waals surface area contributed by atoms with Gasteiger partial charge in [-0.05, 0) is 92.5 Å². The summed E-state index contributed by atoms with van der Waals surface area (Å²) >= 11 is 0. The summed E-state index contributed by atoms with van der Waals surface area (Å²) in [5, 5.41) is 10.7. The second-order valence-corrected chi connectivity index (χ2v) is 12.0. The number of amides is 2. The van der Waals surface area contributed by atoms with Gasteiger partial charge in [0.15, 0.2) is 0 Å². The van der Waals surface area contributed by atoms with E-state index in [0.29, 0.717) is 36.7 Å². The third kappa shape index (κ3) is 6.24. The summed E-state index contributed by atoms with van der Waals surface area (Å²) in [6.07, 6.45) is 3.82. The molecule has 2 saturated heterocycles. The number of aliphatic hydroxyl groups is 1. The van der Waals surface area contributed by atoms with Gasteiger partial charge < -0.3 is 19.8 Å². The predicted molar refractivity (Wildman–Crippen MR) is 150 cm³/mol. The Morgan fingerprint density at radius 3 is 2.12 bits per heavy atom. The van der Waals surface area contributed by atoms with Crippen LogP contribution in [0.2, 0.25) is 0 Å². The molecule has 9 heteroatoms. The highest BCUT2D eigenvalue weighted by atomic mass is 19.4. The van der Waals surface area contributed by atoms with E-state index < -0.39 is 17.7 Å². The Kier molecular flexibility index (Phi) is 9.02. The Morgan fingerprint density at radius 2 is 1.62 bits per heavy atom. The molecule has 2 amide bonds. The van der Waals surface area contributed by atoms with Crippen LogP contribution in [0, 0.1) is 24.7 Å². The molecule has 1 aromatic rings. The van der Waals surface area contributed by atoms with Crippen molar-refractivity contribution in [3.63, 3.8) is 0 Å². The van der Waals surface area contributed by atoms with Crippen LogP contribution in [0.3, 0.4) is 0 Å². The van der Waals surface area contributed by atoms with Gasteiger partial charge in [0.2, 0.25) is 0 Å². The minimum Gasteiger partial charge on any atom is -0.372 e. The minimum atomic E-state index is -5.09. The van der Waals surface area contributed by atoms with E-state index in [-0.39, 0.29) is 30.5 Å². The molecule has 3 aliphatic rings. The molecular formula is C31H42F3N3O3. The molecule has 2 heterocycles. The molecule has 1 unspecified atom stereocenters. The average Bonchev–Trinajstić information content (AvgIpc) is 2.92. The first-order valence-corrected chi connectivity index (χ1v) is 14.4. The second-order valence-electron chi connectivity index (χ2n) is 12.0. The van der Waals surface area contributed by atoms with Crippen LogP contribution in [0.15, 0.2) is 42.0 Å². The lowest BCUT2D eigenvalue weighted by molar-refractivity contribution is -0.242. The van der Waals surface area contributed by atoms with E-state index >= 15 is 0 Å². The van der Waals surface area contributed by atoms with Gasteiger partial charge in [0.1, 0.15) is 0 Å². The molecule has 0 spiro atoms. The van der Waals surface area contributed by atoms with Gasteiger partial charge >= 0.3 is 6.18 Å². The monoisotopic (exact) mass is 561 g/mol. The van der Waals surface area contributed by atoms with Crippen LogP contribution in [0.25, 0.3) is 0 Å². The number of carbonyl (C=O) groups excluding carboxylic acids is 2. The molecule has 220 valence electrons. The quantitative estimate of drug-likeness (QED) is 0.508. The highest BCUT2D eigenvalue weighted by Gasteiger charge is 2.62. The molecule has 40 heavy (non-hydrogen) atoms. The SMILES string of the molecule is Cc1cc(N2CCC(CC3CCN(C(=O)[C@](O)(C4=CCC(C)C=C4)C(F)(F)F)CC3)CC2)ccc1C(=O)N(C)C. The fourth-order valence-corrected chi connectivity index (χ4v) is 6.23. The Morgan fingerprint density at radius 1 is 1.02 bits per heavy atom. The van der Waals surface area contributed by atoms with E-state index in [4.69, 9.17) is 0 Å². The van der Waals surface area contributed by atoms with Gasteiger partial charge in [-0.3, -0.25) is 9.59 Å². The molecule has 0 bridgehead atoms. The van der Waals surface area contributed by atoms with Crippen LogP contribution < -0.4 is 4.90 Å². The number of halogens is 3. The van der Waals surface area contributed by atoms with Gasteiger partial charge in [-0.2, -0.15) is 13.2 Å². The fraction of sp³-hybridized carbons (Fsp3) is 0.613. The van der Waals surface area contributed by atoms with E-state index in [0.717, 1.165) is 43.6 Å². The lowest BCUT2D eigenvalue weighted by Gasteiger charge is -2.40. The predicted octanol–water partition coefficient (Wildman–Crippen LogP) is 5.36. The number of hydrogen-bond donors (Lipinski definition) is 1. The van der Waals surface area contributed by atoms with Crippen molar-refractivity contribution in [2.24, 2.45) is 17.8 Å². The van der Waals surface area contributed by atoms with Crippen molar-refractivity contribution in [3.05, 3.63) is 53.1 Å². The number of allylic oxidation sites excluding steroid dienone is 2. The van der Waals surface area contributed by atoms with Crippen molar-refractivity contribution in [1.29, 1.82) is 0 Å². The molecule has 0 saturated carbocycles. The van der Waals surface area contributed by atoms with E-state index in [1.807, 2.05) is 26.0 Å². The fourth-order valence-electron chi connectivity index (χ4n) is 6.23. The maximum Gasteiger partial charge on any atom is 0.430 e. The number of benzene rings is 1. The second kappa shape index (κ2) is 12.0. The van der Waals surface area contributed by atoms with Gasteiger partial charge in [-0.1, -0.05) is 25.2 Å². The summed E-state index contributed by atoms with van der Waals surface area (Å²) in [5.41, 5.74) is -1.08. The number of rotatable bonds is 6. The maximum atomic E-state index is 14.0. The normalized spacial score (nSPS) is 22.6.